The third kappa shape index (κ3) is 2.21. The number of halogens is 3. The van der Waals surface area contributed by atoms with Crippen molar-refractivity contribution >= 4 is 0 Å². The molecule has 2 aromatic rings. The average Bonchev–Trinajstić information content (AvgIpc) is 2.76. The summed E-state index contributed by atoms with van der Waals surface area (Å²) in [6, 6.07) is 5.04. The summed E-state index contributed by atoms with van der Waals surface area (Å²) in [7, 11) is 0. The van der Waals surface area contributed by atoms with Gasteiger partial charge in [0.2, 0.25) is 0 Å². The molecule has 0 aliphatic carbocycles. The molecule has 0 saturated carbocycles. The number of benzene rings is 1. The van der Waals surface area contributed by atoms with E-state index in [4.69, 9.17) is 0 Å². The highest BCUT2D eigenvalue weighted by molar-refractivity contribution is 5.66. The second kappa shape index (κ2) is 4.41. The Morgan fingerprint density at radius 1 is 1.22 bits per heavy atom. The summed E-state index contributed by atoms with van der Waals surface area (Å²) in [5.74, 6) is 0. The zero-order valence-corrected chi connectivity index (χ0v) is 9.36. The number of alkyl halides is 3. The molecule has 0 aliphatic heterocycles. The van der Waals surface area contributed by atoms with Crippen LogP contribution in [0.5, 0.6) is 0 Å². The van der Waals surface area contributed by atoms with Crippen LogP contribution in [0.1, 0.15) is 24.3 Å². The number of aromatic amines is 1. The number of hydrogen-bond donors (Lipinski definition) is 2. The van der Waals surface area contributed by atoms with Crippen LogP contribution in [-0.2, 0) is 6.18 Å². The molecule has 2 N–H and O–H groups in total. The molecule has 0 saturated heterocycles. The van der Waals surface area contributed by atoms with E-state index in [0.29, 0.717) is 0 Å². The topological polar surface area (TPSA) is 61.8 Å². The Kier molecular flexibility index (Phi) is 3.08. The predicted octanol–water partition coefficient (Wildman–Crippen LogP) is 2.54. The Bertz CT molecular complexity index is 548. The number of nitrogens with one attached hydrogen (secondary N) is 1. The van der Waals surface area contributed by atoms with Gasteiger partial charge < -0.3 is 5.11 Å². The lowest BCUT2D eigenvalue weighted by Crippen LogP contribution is -2.08. The fraction of sp³-hybridized carbons (Fsp3) is 0.273. The minimum atomic E-state index is -4.48. The molecule has 0 spiro atoms. The lowest BCUT2D eigenvalue weighted by atomic mass is 10.0. The van der Waals surface area contributed by atoms with Crippen LogP contribution < -0.4 is 0 Å². The Morgan fingerprint density at radius 3 is 2.50 bits per heavy atom. The van der Waals surface area contributed by atoms with Crippen LogP contribution in [-0.4, -0.2) is 20.5 Å². The molecular formula is C11H10F3N3O. The van der Waals surface area contributed by atoms with Gasteiger partial charge >= 0.3 is 6.18 Å². The van der Waals surface area contributed by atoms with Gasteiger partial charge in [0, 0.05) is 5.56 Å². The van der Waals surface area contributed by atoms with Gasteiger partial charge in [-0.3, -0.25) is 0 Å². The quantitative estimate of drug-likeness (QED) is 0.869. The van der Waals surface area contributed by atoms with Crippen LogP contribution in [0.25, 0.3) is 11.3 Å². The van der Waals surface area contributed by atoms with Crippen molar-refractivity contribution in [3.8, 4) is 11.3 Å². The van der Waals surface area contributed by atoms with E-state index in [1.165, 1.54) is 25.1 Å². The van der Waals surface area contributed by atoms with E-state index in [0.717, 1.165) is 6.07 Å². The fourth-order valence-electron chi connectivity index (χ4n) is 1.67. The normalized spacial score (nSPS) is 13.6. The maximum Gasteiger partial charge on any atom is 0.417 e. The molecule has 1 aromatic heterocycles. The highest BCUT2D eigenvalue weighted by Gasteiger charge is 2.34. The lowest BCUT2D eigenvalue weighted by Gasteiger charge is -2.12. The molecule has 1 aromatic carbocycles. The van der Waals surface area contributed by atoms with Gasteiger partial charge in [0.25, 0.3) is 0 Å². The molecule has 0 amide bonds. The van der Waals surface area contributed by atoms with Crippen molar-refractivity contribution in [2.45, 2.75) is 19.2 Å². The van der Waals surface area contributed by atoms with Gasteiger partial charge in [-0.25, -0.2) is 0 Å². The van der Waals surface area contributed by atoms with Crippen molar-refractivity contribution < 1.29 is 18.3 Å². The Labute approximate surface area is 100 Å². The average molecular weight is 257 g/mol. The van der Waals surface area contributed by atoms with Crippen LogP contribution in [0, 0.1) is 0 Å². The van der Waals surface area contributed by atoms with E-state index in [-0.39, 0.29) is 17.0 Å². The second-order valence-corrected chi connectivity index (χ2v) is 3.78. The molecule has 1 unspecified atom stereocenters. The van der Waals surface area contributed by atoms with Crippen molar-refractivity contribution in [3.05, 3.63) is 35.5 Å². The van der Waals surface area contributed by atoms with Crippen molar-refractivity contribution in [2.75, 3.05) is 0 Å². The van der Waals surface area contributed by atoms with Gasteiger partial charge in [0.05, 0.1) is 11.7 Å². The first-order chi connectivity index (χ1) is 8.41. The van der Waals surface area contributed by atoms with E-state index in [2.05, 4.69) is 15.4 Å². The molecule has 0 radical (unpaired) electrons. The minimum absolute atomic E-state index is 0.0120. The molecule has 1 atom stereocenters. The Balaban J connectivity index is 2.61. The van der Waals surface area contributed by atoms with Crippen molar-refractivity contribution in [1.29, 1.82) is 0 Å². The molecule has 18 heavy (non-hydrogen) atoms. The first-order valence-corrected chi connectivity index (χ1v) is 5.16. The lowest BCUT2D eigenvalue weighted by molar-refractivity contribution is -0.137. The fourth-order valence-corrected chi connectivity index (χ4v) is 1.67. The monoisotopic (exact) mass is 257 g/mol. The third-order valence-corrected chi connectivity index (χ3v) is 2.46. The van der Waals surface area contributed by atoms with E-state index in [1.54, 1.807) is 0 Å². The SMILES string of the molecule is CC(O)c1n[nH]nc1-c1ccccc1C(F)(F)F. The third-order valence-electron chi connectivity index (χ3n) is 2.46. The highest BCUT2D eigenvalue weighted by Crippen LogP contribution is 2.37. The molecule has 0 fully saturated rings. The number of aliphatic hydroxyl groups is 1. The van der Waals surface area contributed by atoms with Crippen molar-refractivity contribution in [1.82, 2.24) is 15.4 Å². The summed E-state index contributed by atoms with van der Waals surface area (Å²) in [5.41, 5.74) is -0.805. The standard InChI is InChI=1S/C11H10F3N3O/c1-6(18)9-10(16-17-15-9)7-4-2-3-5-8(7)11(12,13)14/h2-6,18H,1H3,(H,15,16,17). The molecule has 1 heterocycles. The number of H-pyrrole nitrogens is 1. The molecular weight excluding hydrogens is 247 g/mol. The van der Waals surface area contributed by atoms with Crippen LogP contribution in [0.3, 0.4) is 0 Å². The summed E-state index contributed by atoms with van der Waals surface area (Å²) < 4.78 is 38.6. The number of rotatable bonds is 2. The maximum atomic E-state index is 12.9. The second-order valence-electron chi connectivity index (χ2n) is 3.78. The highest BCUT2D eigenvalue weighted by atomic mass is 19.4. The molecule has 7 heteroatoms. The molecule has 2 rings (SSSR count). The van der Waals surface area contributed by atoms with Crippen LogP contribution in [0.2, 0.25) is 0 Å². The largest absolute Gasteiger partial charge is 0.417 e. The number of hydrogen-bond acceptors (Lipinski definition) is 3. The summed E-state index contributed by atoms with van der Waals surface area (Å²) in [5, 5.41) is 19.0. The zero-order chi connectivity index (χ0) is 13.3. The molecule has 0 bridgehead atoms. The predicted molar refractivity (Wildman–Crippen MR) is 57.5 cm³/mol. The smallest absolute Gasteiger partial charge is 0.387 e. The summed E-state index contributed by atoms with van der Waals surface area (Å²) in [6.45, 7) is 1.41. The van der Waals surface area contributed by atoms with E-state index < -0.39 is 17.8 Å². The summed E-state index contributed by atoms with van der Waals surface area (Å²) in [6.07, 6.45) is -5.48. The van der Waals surface area contributed by atoms with E-state index in [9.17, 15) is 18.3 Å². The van der Waals surface area contributed by atoms with Crippen molar-refractivity contribution in [2.24, 2.45) is 0 Å². The first kappa shape index (κ1) is 12.6. The van der Waals surface area contributed by atoms with Gasteiger partial charge in [0.1, 0.15) is 11.4 Å². The maximum absolute atomic E-state index is 12.9. The van der Waals surface area contributed by atoms with Gasteiger partial charge in [-0.1, -0.05) is 18.2 Å². The Morgan fingerprint density at radius 2 is 1.89 bits per heavy atom. The summed E-state index contributed by atoms with van der Waals surface area (Å²) in [4.78, 5) is 0. The first-order valence-electron chi connectivity index (χ1n) is 5.16. The van der Waals surface area contributed by atoms with Gasteiger partial charge in [-0.15, -0.1) is 0 Å². The molecule has 96 valence electrons. The van der Waals surface area contributed by atoms with Gasteiger partial charge in [0.15, 0.2) is 0 Å². The van der Waals surface area contributed by atoms with Gasteiger partial charge in [-0.2, -0.15) is 28.6 Å². The van der Waals surface area contributed by atoms with Crippen LogP contribution >= 0.6 is 0 Å². The number of aromatic nitrogens is 3. The summed E-state index contributed by atoms with van der Waals surface area (Å²) >= 11 is 0. The Hall–Kier alpha value is -1.89. The van der Waals surface area contributed by atoms with Crippen molar-refractivity contribution in [3.63, 3.8) is 0 Å². The number of aliphatic hydroxyl groups excluding tert-OH is 1. The number of nitrogens with zero attached hydrogens (tertiary/aromatic N) is 2. The molecule has 0 aliphatic rings. The minimum Gasteiger partial charge on any atom is -0.387 e. The van der Waals surface area contributed by atoms with E-state index >= 15 is 0 Å². The van der Waals surface area contributed by atoms with Gasteiger partial charge in [-0.05, 0) is 13.0 Å². The zero-order valence-electron chi connectivity index (χ0n) is 9.36. The van der Waals surface area contributed by atoms with Crippen LogP contribution in [0.4, 0.5) is 13.2 Å². The van der Waals surface area contributed by atoms with Crippen LogP contribution in [0.15, 0.2) is 24.3 Å². The van der Waals surface area contributed by atoms with E-state index in [1.807, 2.05) is 0 Å². The molecule has 4 nitrogen and oxygen atoms in total.